The summed E-state index contributed by atoms with van der Waals surface area (Å²) in [4.78, 5) is 27.6. The SMILES string of the molecule is CCNC(=O)[C@@H](CC)N(Cc1ccc(Cl)cc1)C(=O)CN(c1cccc(Cl)c1Cl)S(C)(=O)=O. The zero-order valence-electron chi connectivity index (χ0n) is 18.5. The van der Waals surface area contributed by atoms with E-state index in [4.69, 9.17) is 34.8 Å². The topological polar surface area (TPSA) is 86.8 Å². The van der Waals surface area contributed by atoms with E-state index in [1.54, 1.807) is 44.2 Å². The summed E-state index contributed by atoms with van der Waals surface area (Å²) in [5.74, 6) is -0.890. The van der Waals surface area contributed by atoms with E-state index < -0.39 is 28.5 Å². The van der Waals surface area contributed by atoms with Gasteiger partial charge in [-0.25, -0.2) is 8.42 Å². The number of nitrogens with zero attached hydrogens (tertiary/aromatic N) is 2. The molecule has 2 aromatic carbocycles. The summed E-state index contributed by atoms with van der Waals surface area (Å²) in [6, 6.07) is 10.6. The molecule has 7 nitrogen and oxygen atoms in total. The van der Waals surface area contributed by atoms with Gasteiger partial charge >= 0.3 is 0 Å². The molecule has 1 N–H and O–H groups in total. The molecule has 0 aliphatic carbocycles. The zero-order chi connectivity index (χ0) is 24.8. The van der Waals surface area contributed by atoms with E-state index in [2.05, 4.69) is 5.32 Å². The van der Waals surface area contributed by atoms with Crippen molar-refractivity contribution in [3.63, 3.8) is 0 Å². The maximum Gasteiger partial charge on any atom is 0.244 e. The minimum atomic E-state index is -3.90. The number of rotatable bonds is 10. The number of amides is 2. The Morgan fingerprint density at radius 2 is 1.67 bits per heavy atom. The van der Waals surface area contributed by atoms with Gasteiger partial charge in [-0.3, -0.25) is 13.9 Å². The van der Waals surface area contributed by atoms with Crippen LogP contribution in [-0.2, 0) is 26.2 Å². The Kier molecular flexibility index (Phi) is 9.84. The Morgan fingerprint density at radius 3 is 2.21 bits per heavy atom. The van der Waals surface area contributed by atoms with Crippen molar-refractivity contribution in [1.29, 1.82) is 0 Å². The average molecular weight is 535 g/mol. The first-order chi connectivity index (χ1) is 15.5. The quantitative estimate of drug-likeness (QED) is 0.491. The molecule has 0 aliphatic heterocycles. The van der Waals surface area contributed by atoms with E-state index in [-0.39, 0.29) is 28.2 Å². The summed E-state index contributed by atoms with van der Waals surface area (Å²) in [5.41, 5.74) is 0.819. The lowest BCUT2D eigenvalue weighted by molar-refractivity contribution is -0.140. The maximum atomic E-state index is 13.5. The van der Waals surface area contributed by atoms with Gasteiger partial charge in [-0.1, -0.05) is 59.9 Å². The monoisotopic (exact) mass is 533 g/mol. The number of anilines is 1. The normalized spacial score (nSPS) is 12.2. The molecule has 2 amide bonds. The predicted octanol–water partition coefficient (Wildman–Crippen LogP) is 4.36. The molecule has 0 unspecified atom stereocenters. The molecule has 2 aromatic rings. The second kappa shape index (κ2) is 11.9. The van der Waals surface area contributed by atoms with Crippen LogP contribution >= 0.6 is 34.8 Å². The minimum absolute atomic E-state index is 0.0115. The second-order valence-corrected chi connectivity index (χ2v) is 10.4. The Labute approximate surface area is 209 Å². The van der Waals surface area contributed by atoms with Crippen molar-refractivity contribution in [3.05, 3.63) is 63.1 Å². The maximum absolute atomic E-state index is 13.5. The highest BCUT2D eigenvalue weighted by Gasteiger charge is 2.32. The Bertz CT molecular complexity index is 1090. The van der Waals surface area contributed by atoms with Gasteiger partial charge in [0.2, 0.25) is 21.8 Å². The highest BCUT2D eigenvalue weighted by atomic mass is 35.5. The molecule has 0 aliphatic rings. The molecule has 0 aromatic heterocycles. The lowest BCUT2D eigenvalue weighted by atomic mass is 10.1. The van der Waals surface area contributed by atoms with Gasteiger partial charge in [0, 0.05) is 18.1 Å². The first-order valence-electron chi connectivity index (χ1n) is 10.2. The van der Waals surface area contributed by atoms with Crippen LogP contribution in [0.25, 0.3) is 0 Å². The molecule has 33 heavy (non-hydrogen) atoms. The van der Waals surface area contributed by atoms with Crippen molar-refractivity contribution in [2.24, 2.45) is 0 Å². The van der Waals surface area contributed by atoms with Crippen LogP contribution in [0.4, 0.5) is 5.69 Å². The van der Waals surface area contributed by atoms with Crippen molar-refractivity contribution in [2.75, 3.05) is 23.7 Å². The second-order valence-electron chi connectivity index (χ2n) is 7.31. The number of hydrogen-bond acceptors (Lipinski definition) is 4. The van der Waals surface area contributed by atoms with Gasteiger partial charge in [-0.2, -0.15) is 0 Å². The fourth-order valence-corrected chi connectivity index (χ4v) is 4.71. The largest absolute Gasteiger partial charge is 0.355 e. The van der Waals surface area contributed by atoms with Gasteiger partial charge in [0.25, 0.3) is 0 Å². The number of benzene rings is 2. The van der Waals surface area contributed by atoms with Gasteiger partial charge in [0.15, 0.2) is 0 Å². The lowest BCUT2D eigenvalue weighted by Crippen LogP contribution is -2.52. The third-order valence-corrected chi connectivity index (χ3v) is 7.07. The van der Waals surface area contributed by atoms with Gasteiger partial charge in [0.05, 0.1) is 22.0 Å². The van der Waals surface area contributed by atoms with Crippen molar-refractivity contribution in [1.82, 2.24) is 10.2 Å². The molecular weight excluding hydrogens is 509 g/mol. The molecule has 2 rings (SSSR count). The van der Waals surface area contributed by atoms with E-state index in [1.165, 1.54) is 17.0 Å². The Hall–Kier alpha value is -2.00. The standard InChI is InChI=1S/C22H26Cl3N3O4S/c1-4-18(22(30)26-5-2)27(13-15-9-11-16(23)12-10-15)20(29)14-28(33(3,31)32)19-8-6-7-17(24)21(19)25/h6-12,18H,4-5,13-14H2,1-3H3,(H,26,30)/t18-/m1/s1. The summed E-state index contributed by atoms with van der Waals surface area (Å²) < 4.78 is 26.1. The molecule has 11 heteroatoms. The highest BCUT2D eigenvalue weighted by Crippen LogP contribution is 2.33. The van der Waals surface area contributed by atoms with E-state index in [0.717, 1.165) is 16.1 Å². The van der Waals surface area contributed by atoms with Crippen LogP contribution in [0.5, 0.6) is 0 Å². The highest BCUT2D eigenvalue weighted by molar-refractivity contribution is 7.92. The van der Waals surface area contributed by atoms with Gasteiger partial charge in [-0.15, -0.1) is 0 Å². The number of nitrogens with one attached hydrogen (secondary N) is 1. The van der Waals surface area contributed by atoms with Crippen LogP contribution in [0.15, 0.2) is 42.5 Å². The number of carbonyl (C=O) groups excluding carboxylic acids is 2. The van der Waals surface area contributed by atoms with Crippen LogP contribution in [0, 0.1) is 0 Å². The minimum Gasteiger partial charge on any atom is -0.355 e. The number of carbonyl (C=O) groups is 2. The molecule has 180 valence electrons. The number of likely N-dealkylation sites (N-methyl/N-ethyl adjacent to an activating group) is 1. The van der Waals surface area contributed by atoms with E-state index >= 15 is 0 Å². The lowest BCUT2D eigenvalue weighted by Gasteiger charge is -2.33. The molecule has 0 saturated carbocycles. The molecule has 0 spiro atoms. The molecule has 1 atom stereocenters. The fourth-order valence-electron chi connectivity index (χ4n) is 3.28. The molecular formula is C22H26Cl3N3O4S. The summed E-state index contributed by atoms with van der Waals surface area (Å²) in [5, 5.41) is 3.43. The van der Waals surface area contributed by atoms with E-state index in [9.17, 15) is 18.0 Å². The van der Waals surface area contributed by atoms with Gasteiger partial charge < -0.3 is 10.2 Å². The summed E-state index contributed by atoms with van der Waals surface area (Å²) in [6.45, 7) is 3.49. The Balaban J connectivity index is 2.47. The zero-order valence-corrected chi connectivity index (χ0v) is 21.6. The molecule has 0 saturated heterocycles. The van der Waals surface area contributed by atoms with Crippen LogP contribution in [0.2, 0.25) is 15.1 Å². The first-order valence-corrected chi connectivity index (χ1v) is 13.2. The molecule has 0 heterocycles. The van der Waals surface area contributed by atoms with Crippen molar-refractivity contribution < 1.29 is 18.0 Å². The van der Waals surface area contributed by atoms with Crippen LogP contribution in [-0.4, -0.2) is 50.5 Å². The van der Waals surface area contributed by atoms with E-state index in [0.29, 0.717) is 18.0 Å². The summed E-state index contributed by atoms with van der Waals surface area (Å²) in [6.07, 6.45) is 1.31. The van der Waals surface area contributed by atoms with Crippen LogP contribution < -0.4 is 9.62 Å². The summed E-state index contributed by atoms with van der Waals surface area (Å²) >= 11 is 18.3. The average Bonchev–Trinajstić information content (AvgIpc) is 2.75. The van der Waals surface area contributed by atoms with Crippen molar-refractivity contribution in [3.8, 4) is 0 Å². The third kappa shape index (κ3) is 7.24. The van der Waals surface area contributed by atoms with Gasteiger partial charge in [0.1, 0.15) is 12.6 Å². The van der Waals surface area contributed by atoms with Crippen LogP contribution in [0.1, 0.15) is 25.8 Å². The molecule has 0 bridgehead atoms. The smallest absolute Gasteiger partial charge is 0.244 e. The third-order valence-electron chi connectivity index (χ3n) is 4.88. The fraction of sp³-hybridized carbons (Fsp3) is 0.364. The van der Waals surface area contributed by atoms with E-state index in [1.807, 2.05) is 0 Å². The van der Waals surface area contributed by atoms with Crippen LogP contribution in [0.3, 0.4) is 0 Å². The molecule has 0 fully saturated rings. The predicted molar refractivity (Wildman–Crippen MR) is 133 cm³/mol. The number of halogens is 3. The van der Waals surface area contributed by atoms with Gasteiger partial charge in [-0.05, 0) is 43.2 Å². The van der Waals surface area contributed by atoms with Crippen molar-refractivity contribution >= 4 is 62.3 Å². The Morgan fingerprint density at radius 1 is 1.03 bits per heavy atom. The summed E-state index contributed by atoms with van der Waals surface area (Å²) in [7, 11) is -3.90. The number of sulfonamides is 1. The molecule has 0 radical (unpaired) electrons. The first kappa shape index (κ1) is 27.2. The number of hydrogen-bond donors (Lipinski definition) is 1. The van der Waals surface area contributed by atoms with Crippen molar-refractivity contribution in [2.45, 2.75) is 32.9 Å².